The maximum Gasteiger partial charge on any atom is 0.295 e. The Balaban J connectivity index is 1.57. The van der Waals surface area contributed by atoms with Gasteiger partial charge in [-0.05, 0) is 66.9 Å². The van der Waals surface area contributed by atoms with Crippen molar-refractivity contribution >= 4 is 17.4 Å². The molecule has 7 nitrogen and oxygen atoms in total. The fraction of sp³-hybridized carbons (Fsp3) is 0.267. The lowest BCUT2D eigenvalue weighted by molar-refractivity contribution is -0.140. The number of methoxy groups -OCH3 is 1. The molecule has 3 aromatic carbocycles. The summed E-state index contributed by atoms with van der Waals surface area (Å²) >= 11 is 0. The predicted molar refractivity (Wildman–Crippen MR) is 139 cm³/mol. The molecule has 190 valence electrons. The molecular weight excluding hydrogens is 470 g/mol. The predicted octanol–water partition coefficient (Wildman–Crippen LogP) is 5.26. The van der Waals surface area contributed by atoms with Gasteiger partial charge in [0.25, 0.3) is 11.7 Å². The molecule has 1 fully saturated rings. The normalized spacial score (nSPS) is 20.1. The Kier molecular flexibility index (Phi) is 6.97. The number of fused-ring (bicyclic) bond motifs is 1. The highest BCUT2D eigenvalue weighted by Crippen LogP contribution is 2.41. The molecule has 37 heavy (non-hydrogen) atoms. The van der Waals surface area contributed by atoms with Crippen LogP contribution in [0.25, 0.3) is 5.76 Å². The van der Waals surface area contributed by atoms with Gasteiger partial charge in [0.1, 0.15) is 29.1 Å². The standard InChI is InChI=1S/C30H29NO6/c1-19-16-22-17-21(12-13-25(22)36-19)28(32)26-27(31(14-7-15-35-2)30(34)29(26)33)20-8-6-11-24(18-20)37-23-9-4-3-5-10-23/h3-6,8-13,17-19,27,32H,7,14-16H2,1-2H3/b28-26-. The number of likely N-dealkylation sites (tertiary alicyclic amines) is 1. The van der Waals surface area contributed by atoms with Crippen molar-refractivity contribution in [1.82, 2.24) is 4.90 Å². The molecule has 0 spiro atoms. The van der Waals surface area contributed by atoms with Gasteiger partial charge in [0.2, 0.25) is 0 Å². The van der Waals surface area contributed by atoms with Gasteiger partial charge < -0.3 is 24.2 Å². The molecule has 2 atom stereocenters. The number of para-hydroxylation sites is 1. The Morgan fingerprint density at radius 1 is 1.03 bits per heavy atom. The van der Waals surface area contributed by atoms with E-state index in [0.29, 0.717) is 48.6 Å². The fourth-order valence-corrected chi connectivity index (χ4v) is 4.93. The number of aliphatic hydroxyl groups excluding tert-OH is 1. The average molecular weight is 500 g/mol. The number of nitrogens with zero attached hydrogens (tertiary/aromatic N) is 1. The summed E-state index contributed by atoms with van der Waals surface area (Å²) in [4.78, 5) is 28.0. The summed E-state index contributed by atoms with van der Waals surface area (Å²) in [6, 6.07) is 21.2. The Bertz CT molecular complexity index is 1350. The Morgan fingerprint density at radius 2 is 1.81 bits per heavy atom. The van der Waals surface area contributed by atoms with E-state index in [1.165, 1.54) is 4.90 Å². The molecular formula is C30H29NO6. The van der Waals surface area contributed by atoms with Crippen molar-refractivity contribution in [3.63, 3.8) is 0 Å². The van der Waals surface area contributed by atoms with Gasteiger partial charge in [-0.2, -0.15) is 0 Å². The van der Waals surface area contributed by atoms with Crippen LogP contribution in [0.1, 0.15) is 36.1 Å². The second kappa shape index (κ2) is 10.5. The topological polar surface area (TPSA) is 85.3 Å². The van der Waals surface area contributed by atoms with Crippen molar-refractivity contribution in [3.8, 4) is 17.2 Å². The molecule has 3 aromatic rings. The molecule has 2 unspecified atom stereocenters. The molecule has 2 heterocycles. The number of amides is 1. The number of hydrogen-bond acceptors (Lipinski definition) is 6. The first-order valence-electron chi connectivity index (χ1n) is 12.4. The van der Waals surface area contributed by atoms with Crippen molar-refractivity contribution in [2.75, 3.05) is 20.3 Å². The van der Waals surface area contributed by atoms with Crippen molar-refractivity contribution in [2.24, 2.45) is 0 Å². The number of aliphatic hydroxyl groups is 1. The van der Waals surface area contributed by atoms with Gasteiger partial charge in [-0.3, -0.25) is 9.59 Å². The van der Waals surface area contributed by atoms with Gasteiger partial charge in [0.15, 0.2) is 0 Å². The van der Waals surface area contributed by atoms with Gasteiger partial charge in [0, 0.05) is 32.2 Å². The first kappa shape index (κ1) is 24.6. The number of rotatable bonds is 8. The minimum atomic E-state index is -0.764. The van der Waals surface area contributed by atoms with Crippen LogP contribution in [0.15, 0.2) is 78.4 Å². The molecule has 2 aliphatic rings. The summed E-state index contributed by atoms with van der Waals surface area (Å²) in [6.45, 7) is 2.73. The van der Waals surface area contributed by atoms with E-state index in [-0.39, 0.29) is 17.4 Å². The molecule has 5 rings (SSSR count). The van der Waals surface area contributed by atoms with Gasteiger partial charge in [-0.1, -0.05) is 30.3 Å². The van der Waals surface area contributed by atoms with E-state index in [9.17, 15) is 14.7 Å². The molecule has 1 amide bonds. The highest BCUT2D eigenvalue weighted by atomic mass is 16.5. The number of ketones is 1. The summed E-state index contributed by atoms with van der Waals surface area (Å²) in [5, 5.41) is 11.4. The van der Waals surface area contributed by atoms with Crippen LogP contribution < -0.4 is 9.47 Å². The maximum atomic E-state index is 13.3. The van der Waals surface area contributed by atoms with E-state index in [1.807, 2.05) is 61.5 Å². The van der Waals surface area contributed by atoms with E-state index in [2.05, 4.69) is 0 Å². The fourth-order valence-electron chi connectivity index (χ4n) is 4.93. The molecule has 0 aromatic heterocycles. The van der Waals surface area contributed by atoms with Gasteiger partial charge in [-0.15, -0.1) is 0 Å². The maximum absolute atomic E-state index is 13.3. The summed E-state index contributed by atoms with van der Waals surface area (Å²) in [7, 11) is 1.59. The number of carbonyl (C=O) groups excluding carboxylic acids is 2. The van der Waals surface area contributed by atoms with Crippen LogP contribution >= 0.6 is 0 Å². The van der Waals surface area contributed by atoms with Gasteiger partial charge in [-0.25, -0.2) is 0 Å². The summed E-state index contributed by atoms with van der Waals surface area (Å²) in [6.07, 6.45) is 1.31. The number of hydrogen-bond donors (Lipinski definition) is 1. The van der Waals surface area contributed by atoms with E-state index in [1.54, 1.807) is 25.3 Å². The lowest BCUT2D eigenvalue weighted by atomic mass is 9.94. The Hall–Kier alpha value is -4.10. The molecule has 2 aliphatic heterocycles. The van der Waals surface area contributed by atoms with Crippen LogP contribution in [-0.4, -0.2) is 48.1 Å². The van der Waals surface area contributed by atoms with Crippen molar-refractivity contribution < 1.29 is 28.9 Å². The first-order valence-corrected chi connectivity index (χ1v) is 12.4. The zero-order valence-electron chi connectivity index (χ0n) is 20.8. The van der Waals surface area contributed by atoms with Crippen LogP contribution in [0, 0.1) is 0 Å². The monoisotopic (exact) mass is 499 g/mol. The third-order valence-corrected chi connectivity index (χ3v) is 6.61. The Labute approximate surface area is 215 Å². The zero-order valence-corrected chi connectivity index (χ0v) is 20.8. The lowest BCUT2D eigenvalue weighted by Gasteiger charge is -2.25. The summed E-state index contributed by atoms with van der Waals surface area (Å²) in [5.74, 6) is 0.452. The van der Waals surface area contributed by atoms with Crippen LogP contribution in [0.4, 0.5) is 0 Å². The van der Waals surface area contributed by atoms with Crippen LogP contribution in [0.3, 0.4) is 0 Å². The molecule has 1 saturated heterocycles. The molecule has 7 heteroatoms. The third-order valence-electron chi connectivity index (χ3n) is 6.61. The first-order chi connectivity index (χ1) is 18.0. The van der Waals surface area contributed by atoms with Crippen LogP contribution in [-0.2, 0) is 20.7 Å². The molecule has 0 radical (unpaired) electrons. The minimum absolute atomic E-state index is 0.0473. The smallest absolute Gasteiger partial charge is 0.295 e. The highest BCUT2D eigenvalue weighted by molar-refractivity contribution is 6.46. The second-order valence-electron chi connectivity index (χ2n) is 9.28. The molecule has 0 aliphatic carbocycles. The van der Waals surface area contributed by atoms with E-state index < -0.39 is 17.7 Å². The second-order valence-corrected chi connectivity index (χ2v) is 9.28. The average Bonchev–Trinajstić information content (AvgIpc) is 3.40. The van der Waals surface area contributed by atoms with E-state index in [0.717, 1.165) is 11.3 Å². The summed E-state index contributed by atoms with van der Waals surface area (Å²) in [5.41, 5.74) is 2.17. The highest BCUT2D eigenvalue weighted by Gasteiger charge is 2.46. The number of ether oxygens (including phenoxy) is 3. The van der Waals surface area contributed by atoms with Gasteiger partial charge >= 0.3 is 0 Å². The van der Waals surface area contributed by atoms with Crippen molar-refractivity contribution in [3.05, 3.63) is 95.1 Å². The number of Topliss-reactive ketones (excluding diaryl/α,β-unsaturated/α-hetero) is 1. The quantitative estimate of drug-likeness (QED) is 0.197. The van der Waals surface area contributed by atoms with E-state index in [4.69, 9.17) is 14.2 Å². The lowest BCUT2D eigenvalue weighted by Crippen LogP contribution is -2.31. The molecule has 0 bridgehead atoms. The summed E-state index contributed by atoms with van der Waals surface area (Å²) < 4.78 is 17.0. The number of carbonyl (C=O) groups is 2. The minimum Gasteiger partial charge on any atom is -0.507 e. The van der Waals surface area contributed by atoms with Gasteiger partial charge in [0.05, 0.1) is 11.6 Å². The van der Waals surface area contributed by atoms with E-state index >= 15 is 0 Å². The van der Waals surface area contributed by atoms with Crippen molar-refractivity contribution in [1.29, 1.82) is 0 Å². The largest absolute Gasteiger partial charge is 0.507 e. The zero-order chi connectivity index (χ0) is 25.9. The third kappa shape index (κ3) is 4.95. The Morgan fingerprint density at radius 3 is 2.59 bits per heavy atom. The van der Waals surface area contributed by atoms with Crippen LogP contribution in [0.2, 0.25) is 0 Å². The SMILES string of the molecule is COCCCN1C(=O)C(=O)/C(=C(\O)c2ccc3c(c2)CC(C)O3)C1c1cccc(Oc2ccccc2)c1. The molecule has 0 saturated carbocycles. The number of benzene rings is 3. The van der Waals surface area contributed by atoms with Crippen LogP contribution in [0.5, 0.6) is 17.2 Å². The van der Waals surface area contributed by atoms with Crippen molar-refractivity contribution in [2.45, 2.75) is 31.9 Å². The molecule has 1 N–H and O–H groups in total.